The number of rotatable bonds is 5. The minimum Gasteiger partial charge on any atom is -0.218 e. The predicted molar refractivity (Wildman–Crippen MR) is 109 cm³/mol. The van der Waals surface area contributed by atoms with E-state index < -0.39 is 9.84 Å². The molecular weight excluding hydrogens is 354 g/mol. The Labute approximate surface area is 159 Å². The van der Waals surface area contributed by atoms with Crippen LogP contribution in [0.25, 0.3) is 18.2 Å². The van der Waals surface area contributed by atoms with E-state index in [0.717, 1.165) is 11.1 Å². The zero-order valence-corrected chi connectivity index (χ0v) is 15.3. The van der Waals surface area contributed by atoms with Gasteiger partial charge in [-0.1, -0.05) is 84.9 Å². The Bertz CT molecular complexity index is 1110. The molecule has 0 atom stereocenters. The Kier molecular flexibility index (Phi) is 5.65. The fourth-order valence-corrected chi connectivity index (χ4v) is 3.69. The summed E-state index contributed by atoms with van der Waals surface area (Å²) < 4.78 is 25.2. The van der Waals surface area contributed by atoms with Gasteiger partial charge in [0.25, 0.3) is 0 Å². The smallest absolute Gasteiger partial charge is 0.216 e. The lowest BCUT2D eigenvalue weighted by Crippen LogP contribution is -2.03. The van der Waals surface area contributed by atoms with Crippen LogP contribution in [0.3, 0.4) is 0 Å². The van der Waals surface area contributed by atoms with Crippen LogP contribution < -0.4 is 0 Å². The highest BCUT2D eigenvalue weighted by atomic mass is 32.2. The summed E-state index contributed by atoms with van der Waals surface area (Å²) in [4.78, 5) is -0.165. The monoisotopic (exact) mass is 371 g/mol. The Balaban J connectivity index is 1.84. The van der Waals surface area contributed by atoms with E-state index in [4.69, 9.17) is 0 Å². The maximum Gasteiger partial charge on any atom is 0.216 e. The summed E-state index contributed by atoms with van der Waals surface area (Å²) in [6.45, 7) is 0. The van der Waals surface area contributed by atoms with Crippen LogP contribution in [0.2, 0.25) is 0 Å². The van der Waals surface area contributed by atoms with E-state index in [1.54, 1.807) is 30.3 Å². The molecule has 0 aliphatic carbocycles. The highest BCUT2D eigenvalue weighted by Crippen LogP contribution is 2.21. The van der Waals surface area contributed by atoms with Gasteiger partial charge in [-0.3, -0.25) is 0 Å². The summed E-state index contributed by atoms with van der Waals surface area (Å²) in [7, 11) is -3.82. The molecule has 0 unspecified atom stereocenters. The highest BCUT2D eigenvalue weighted by molar-refractivity contribution is 7.95. The van der Waals surface area contributed by atoms with Crippen LogP contribution in [0, 0.1) is 11.3 Å². The third kappa shape index (κ3) is 4.60. The first-order valence-corrected chi connectivity index (χ1v) is 9.83. The first kappa shape index (κ1) is 18.4. The van der Waals surface area contributed by atoms with Crippen molar-refractivity contribution in [2.75, 3.05) is 0 Å². The lowest BCUT2D eigenvalue weighted by Gasteiger charge is -2.03. The molecule has 0 aliphatic heterocycles. The number of allylic oxidation sites excluding steroid dienone is 1. The quantitative estimate of drug-likeness (QED) is 0.458. The number of nitrogens with zero attached hydrogens (tertiary/aromatic N) is 1. The molecule has 0 spiro atoms. The van der Waals surface area contributed by atoms with Crippen molar-refractivity contribution in [1.82, 2.24) is 0 Å². The number of sulfone groups is 1. The molecule has 132 valence electrons. The number of hydrogen-bond acceptors (Lipinski definition) is 3. The molecule has 3 aromatic carbocycles. The summed E-state index contributed by atoms with van der Waals surface area (Å²) in [5.41, 5.74) is 2.74. The molecule has 0 aromatic heterocycles. The third-order valence-electron chi connectivity index (χ3n) is 3.96. The molecule has 3 aromatic rings. The molecule has 0 fully saturated rings. The molecule has 3 rings (SSSR count). The Hall–Kier alpha value is -3.42. The third-order valence-corrected chi connectivity index (χ3v) is 5.64. The minimum absolute atomic E-state index is 0.111. The van der Waals surface area contributed by atoms with Gasteiger partial charge in [0.15, 0.2) is 0 Å². The van der Waals surface area contributed by atoms with Crippen LogP contribution in [-0.4, -0.2) is 8.42 Å². The Morgan fingerprint density at radius 1 is 0.704 bits per heavy atom. The first-order valence-electron chi connectivity index (χ1n) is 8.35. The fourth-order valence-electron chi connectivity index (χ4n) is 2.51. The second-order valence-corrected chi connectivity index (χ2v) is 7.77. The summed E-state index contributed by atoms with van der Waals surface area (Å²) in [5, 5.41) is 9.34. The first-order chi connectivity index (χ1) is 13.1. The summed E-state index contributed by atoms with van der Waals surface area (Å²) in [6.07, 6.45) is 5.38. The molecular formula is C23H17NO2S. The van der Waals surface area contributed by atoms with Gasteiger partial charge in [0.2, 0.25) is 9.84 Å². The van der Waals surface area contributed by atoms with E-state index in [1.165, 1.54) is 18.2 Å². The van der Waals surface area contributed by atoms with E-state index in [2.05, 4.69) is 0 Å². The second-order valence-electron chi connectivity index (χ2n) is 5.85. The van der Waals surface area contributed by atoms with Gasteiger partial charge in [0, 0.05) is 0 Å². The molecule has 0 aliphatic rings. The number of hydrogen-bond donors (Lipinski definition) is 0. The summed E-state index contributed by atoms with van der Waals surface area (Å²) in [6, 6.07) is 27.1. The normalized spacial score (nSPS) is 12.0. The van der Waals surface area contributed by atoms with Gasteiger partial charge < -0.3 is 0 Å². The van der Waals surface area contributed by atoms with Gasteiger partial charge >= 0.3 is 0 Å². The van der Waals surface area contributed by atoms with Crippen LogP contribution >= 0.6 is 0 Å². The van der Waals surface area contributed by atoms with Crippen molar-refractivity contribution < 1.29 is 8.42 Å². The van der Waals surface area contributed by atoms with Gasteiger partial charge in [-0.05, 0) is 34.9 Å². The number of benzene rings is 3. The number of nitriles is 1. The highest BCUT2D eigenvalue weighted by Gasteiger charge is 2.20. The summed E-state index contributed by atoms with van der Waals surface area (Å²) in [5.74, 6) is 0. The van der Waals surface area contributed by atoms with Crippen molar-refractivity contribution in [3.63, 3.8) is 0 Å². The van der Waals surface area contributed by atoms with Crippen LogP contribution in [-0.2, 0) is 9.84 Å². The minimum atomic E-state index is -3.82. The van der Waals surface area contributed by atoms with Gasteiger partial charge in [0.1, 0.15) is 11.0 Å². The average Bonchev–Trinajstić information content (AvgIpc) is 2.72. The lowest BCUT2D eigenvalue weighted by molar-refractivity contribution is 0.603. The molecule has 27 heavy (non-hydrogen) atoms. The molecule has 0 saturated heterocycles. The molecule has 0 N–H and O–H groups in total. The van der Waals surface area contributed by atoms with E-state index in [1.807, 2.05) is 60.7 Å². The molecule has 0 radical (unpaired) electrons. The topological polar surface area (TPSA) is 57.9 Å². The van der Waals surface area contributed by atoms with Crippen molar-refractivity contribution in [2.45, 2.75) is 4.90 Å². The van der Waals surface area contributed by atoms with Crippen molar-refractivity contribution in [1.29, 1.82) is 5.26 Å². The van der Waals surface area contributed by atoms with Gasteiger partial charge in [0.05, 0.1) is 4.90 Å². The van der Waals surface area contributed by atoms with Crippen molar-refractivity contribution in [3.05, 3.63) is 107 Å². The van der Waals surface area contributed by atoms with E-state index in [0.29, 0.717) is 5.56 Å². The fraction of sp³-hybridized carbons (Fsp3) is 0. The Morgan fingerprint density at radius 2 is 1.19 bits per heavy atom. The Morgan fingerprint density at radius 3 is 1.74 bits per heavy atom. The van der Waals surface area contributed by atoms with Crippen molar-refractivity contribution >= 4 is 28.1 Å². The molecule has 0 bridgehead atoms. The standard InChI is InChI=1S/C23H17NO2S/c24-18-23(27(25,26)22-9-5-2-6-10-22)17-21-15-13-20(14-16-21)12-11-19-7-3-1-4-8-19/h1-17H/b12-11+,23-17-. The van der Waals surface area contributed by atoms with Crippen LogP contribution in [0.5, 0.6) is 0 Å². The van der Waals surface area contributed by atoms with E-state index >= 15 is 0 Å². The zero-order chi connectivity index (χ0) is 19.1. The SMILES string of the molecule is N#C/C(=C/c1ccc(/C=C/c2ccccc2)cc1)S(=O)(=O)c1ccccc1. The largest absolute Gasteiger partial charge is 0.218 e. The van der Waals surface area contributed by atoms with E-state index in [9.17, 15) is 13.7 Å². The van der Waals surface area contributed by atoms with Crippen LogP contribution in [0.1, 0.15) is 16.7 Å². The molecule has 4 heteroatoms. The van der Waals surface area contributed by atoms with Crippen molar-refractivity contribution in [2.24, 2.45) is 0 Å². The van der Waals surface area contributed by atoms with Crippen molar-refractivity contribution in [3.8, 4) is 6.07 Å². The van der Waals surface area contributed by atoms with Gasteiger partial charge in [-0.25, -0.2) is 8.42 Å². The molecule has 0 saturated carbocycles. The van der Waals surface area contributed by atoms with E-state index in [-0.39, 0.29) is 9.80 Å². The molecule has 3 nitrogen and oxygen atoms in total. The van der Waals surface area contributed by atoms with Crippen LogP contribution in [0.4, 0.5) is 0 Å². The predicted octanol–water partition coefficient (Wildman–Crippen LogP) is 5.20. The zero-order valence-electron chi connectivity index (χ0n) is 14.5. The molecule has 0 amide bonds. The second kappa shape index (κ2) is 8.31. The van der Waals surface area contributed by atoms with Crippen LogP contribution in [0.15, 0.2) is 94.7 Å². The average molecular weight is 371 g/mol. The van der Waals surface area contributed by atoms with Gasteiger partial charge in [-0.2, -0.15) is 5.26 Å². The molecule has 0 heterocycles. The summed E-state index contributed by atoms with van der Waals surface area (Å²) >= 11 is 0. The lowest BCUT2D eigenvalue weighted by atomic mass is 10.1. The maximum absolute atomic E-state index is 12.6. The maximum atomic E-state index is 12.6. The van der Waals surface area contributed by atoms with Gasteiger partial charge in [-0.15, -0.1) is 0 Å².